The molecule has 0 aromatic carbocycles. The van der Waals surface area contributed by atoms with E-state index in [-0.39, 0.29) is 25.7 Å². The number of aliphatic hydroxyl groups excluding tert-OH is 1. The molecule has 0 spiro atoms. The summed E-state index contributed by atoms with van der Waals surface area (Å²) < 4.78 is 68.5. The Morgan fingerprint density at radius 2 is 0.479 bits per heavy atom. The van der Waals surface area contributed by atoms with E-state index in [0.29, 0.717) is 25.7 Å². The Balaban J connectivity index is 5.19. The van der Waals surface area contributed by atoms with Crippen LogP contribution in [0.1, 0.15) is 407 Å². The number of esters is 4. The first kappa shape index (κ1) is 94.1. The second-order valence-electron chi connectivity index (χ2n) is 28.2. The van der Waals surface area contributed by atoms with Crippen LogP contribution in [0.25, 0.3) is 0 Å². The number of unbranched alkanes of at least 4 members (excludes halogenated alkanes) is 49. The molecule has 2 unspecified atom stereocenters. The van der Waals surface area contributed by atoms with Gasteiger partial charge in [0.1, 0.15) is 19.3 Å². The lowest BCUT2D eigenvalue weighted by Gasteiger charge is -2.21. The maximum Gasteiger partial charge on any atom is 0.472 e. The zero-order valence-electron chi connectivity index (χ0n) is 62.5. The highest BCUT2D eigenvalue weighted by Gasteiger charge is 2.30. The number of carbonyl (C=O) groups is 4. The largest absolute Gasteiger partial charge is 0.472 e. The Labute approximate surface area is 588 Å². The summed E-state index contributed by atoms with van der Waals surface area (Å²) in [5.41, 5.74) is 0. The molecule has 0 rings (SSSR count). The van der Waals surface area contributed by atoms with Crippen molar-refractivity contribution in [1.29, 1.82) is 0 Å². The number of carbonyl (C=O) groups excluding carboxylic acids is 4. The molecule has 17 nitrogen and oxygen atoms in total. The van der Waals surface area contributed by atoms with Gasteiger partial charge in [-0.3, -0.25) is 37.3 Å². The van der Waals surface area contributed by atoms with Gasteiger partial charge in [0.05, 0.1) is 26.4 Å². The molecule has 0 heterocycles. The molecule has 0 amide bonds. The number of phosphoric acid groups is 2. The van der Waals surface area contributed by atoms with Gasteiger partial charge in [0.25, 0.3) is 0 Å². The maximum atomic E-state index is 13.1. The maximum absolute atomic E-state index is 13.1. The van der Waals surface area contributed by atoms with Gasteiger partial charge >= 0.3 is 39.5 Å². The quantitative estimate of drug-likeness (QED) is 0.0222. The van der Waals surface area contributed by atoms with Crippen molar-refractivity contribution >= 4 is 39.5 Å². The Morgan fingerprint density at radius 3 is 0.708 bits per heavy atom. The average Bonchev–Trinajstić information content (AvgIpc) is 3.44. The van der Waals surface area contributed by atoms with Crippen molar-refractivity contribution in [3.05, 3.63) is 0 Å². The summed E-state index contributed by atoms with van der Waals surface area (Å²) in [6, 6.07) is 0. The highest BCUT2D eigenvalue weighted by Crippen LogP contribution is 2.45. The van der Waals surface area contributed by atoms with E-state index in [9.17, 15) is 43.2 Å². The summed E-state index contributed by atoms with van der Waals surface area (Å²) >= 11 is 0. The molecule has 5 atom stereocenters. The fourth-order valence-electron chi connectivity index (χ4n) is 11.9. The lowest BCUT2D eigenvalue weighted by Crippen LogP contribution is -2.30. The average molecular weight is 1410 g/mol. The highest BCUT2D eigenvalue weighted by molar-refractivity contribution is 7.47. The number of hydrogen-bond donors (Lipinski definition) is 3. The number of ether oxygens (including phenoxy) is 4. The van der Waals surface area contributed by atoms with Gasteiger partial charge in [-0.1, -0.05) is 356 Å². The molecule has 0 saturated heterocycles. The summed E-state index contributed by atoms with van der Waals surface area (Å²) in [5.74, 6) is -1.34. The molecule has 570 valence electrons. The van der Waals surface area contributed by atoms with Crippen LogP contribution in [0.5, 0.6) is 0 Å². The van der Waals surface area contributed by atoms with E-state index in [1.807, 2.05) is 0 Å². The summed E-state index contributed by atoms with van der Waals surface area (Å²) in [7, 11) is -9.91. The molecule has 96 heavy (non-hydrogen) atoms. The van der Waals surface area contributed by atoms with E-state index >= 15 is 0 Å². The Hall–Kier alpha value is -1.94. The third-order valence-electron chi connectivity index (χ3n) is 18.0. The van der Waals surface area contributed by atoms with Gasteiger partial charge in [0, 0.05) is 25.7 Å². The molecular formula is C77H150O17P2. The lowest BCUT2D eigenvalue weighted by molar-refractivity contribution is -0.161. The monoisotopic (exact) mass is 1410 g/mol. The van der Waals surface area contributed by atoms with Crippen molar-refractivity contribution in [3.8, 4) is 0 Å². The highest BCUT2D eigenvalue weighted by atomic mass is 31.2. The minimum Gasteiger partial charge on any atom is -0.462 e. The van der Waals surface area contributed by atoms with Crippen molar-refractivity contribution in [3.63, 3.8) is 0 Å². The minimum atomic E-state index is -4.96. The number of phosphoric ester groups is 2. The number of hydrogen-bond acceptors (Lipinski definition) is 15. The van der Waals surface area contributed by atoms with Crippen molar-refractivity contribution in [2.45, 2.75) is 425 Å². The van der Waals surface area contributed by atoms with Crippen molar-refractivity contribution in [2.24, 2.45) is 5.92 Å². The minimum absolute atomic E-state index is 0.107. The van der Waals surface area contributed by atoms with Gasteiger partial charge in [-0.15, -0.1) is 0 Å². The van der Waals surface area contributed by atoms with Crippen molar-refractivity contribution in [1.82, 2.24) is 0 Å². The summed E-state index contributed by atoms with van der Waals surface area (Å²) in [6.45, 7) is 7.27. The molecule has 19 heteroatoms. The molecule has 0 aromatic rings. The summed E-state index contributed by atoms with van der Waals surface area (Å²) in [4.78, 5) is 72.7. The van der Waals surface area contributed by atoms with Crippen LogP contribution >= 0.6 is 15.6 Å². The first-order valence-electron chi connectivity index (χ1n) is 40.1. The predicted octanol–water partition coefficient (Wildman–Crippen LogP) is 22.9. The molecular weight excluding hydrogens is 1260 g/mol. The molecule has 0 fully saturated rings. The van der Waals surface area contributed by atoms with E-state index in [4.69, 9.17) is 37.0 Å². The molecule has 0 saturated carbocycles. The van der Waals surface area contributed by atoms with E-state index in [1.165, 1.54) is 218 Å². The standard InChI is InChI=1S/C77H150O17P2/c1-6-9-12-15-18-20-22-24-26-28-29-31-33-38-42-47-52-57-62-77(82)94-73(67-88-75(80)61-56-51-46-41-37-32-30-27-25-23-21-19-16-13-10-7-2)69-92-96(85,86)90-65-71(78)64-89-95(83,84)91-68-72(66-87-74(79)60-55-50-44-17-14-11-8-3)93-76(81)63-58-53-48-43-39-35-34-36-40-45-49-54-59-70(4)5/h70-73,78H,6-69H2,1-5H3,(H,83,84)(H,85,86)/t71-,72+,73+/m0/s1. The molecule has 0 aliphatic heterocycles. The lowest BCUT2D eigenvalue weighted by atomic mass is 10.0. The van der Waals surface area contributed by atoms with Gasteiger partial charge in [-0.2, -0.15) is 0 Å². The topological polar surface area (TPSA) is 237 Å². The molecule has 0 aliphatic carbocycles. The van der Waals surface area contributed by atoms with Crippen LogP contribution in [0.15, 0.2) is 0 Å². The number of rotatable bonds is 77. The van der Waals surface area contributed by atoms with Gasteiger partial charge in [-0.25, -0.2) is 9.13 Å². The van der Waals surface area contributed by atoms with Crippen LogP contribution in [0.4, 0.5) is 0 Å². The summed E-state index contributed by atoms with van der Waals surface area (Å²) in [5, 5.41) is 10.6. The fourth-order valence-corrected chi connectivity index (χ4v) is 13.5. The van der Waals surface area contributed by atoms with Gasteiger partial charge in [0.2, 0.25) is 0 Å². The Bertz CT molecular complexity index is 1840. The van der Waals surface area contributed by atoms with Gasteiger partial charge in [-0.05, 0) is 31.6 Å². The van der Waals surface area contributed by atoms with Crippen LogP contribution in [-0.4, -0.2) is 96.7 Å². The van der Waals surface area contributed by atoms with Gasteiger partial charge in [0.15, 0.2) is 12.2 Å². The third-order valence-corrected chi connectivity index (χ3v) is 19.9. The van der Waals surface area contributed by atoms with Crippen LogP contribution in [0, 0.1) is 5.92 Å². The van der Waals surface area contributed by atoms with Crippen molar-refractivity contribution < 1.29 is 80.2 Å². The Kier molecular flexibility index (Phi) is 68.7. The van der Waals surface area contributed by atoms with Crippen LogP contribution in [0.2, 0.25) is 0 Å². The van der Waals surface area contributed by atoms with Crippen LogP contribution < -0.4 is 0 Å². The van der Waals surface area contributed by atoms with Crippen LogP contribution in [-0.2, 0) is 65.4 Å². The van der Waals surface area contributed by atoms with E-state index in [0.717, 1.165) is 109 Å². The van der Waals surface area contributed by atoms with Crippen molar-refractivity contribution in [2.75, 3.05) is 39.6 Å². The second kappa shape index (κ2) is 70.1. The smallest absolute Gasteiger partial charge is 0.462 e. The van der Waals surface area contributed by atoms with E-state index in [1.54, 1.807) is 0 Å². The predicted molar refractivity (Wildman–Crippen MR) is 391 cm³/mol. The molecule has 0 radical (unpaired) electrons. The molecule has 0 aromatic heterocycles. The SMILES string of the molecule is CCCCCCCCCCCCCCCCCCCCC(=O)O[C@H](COC(=O)CCCCCCCCCCCCCCCCCC)COP(=O)(O)OC[C@@H](O)COP(=O)(O)OC[C@@H](COC(=O)CCCCCCCCC)OC(=O)CCCCCCCCCCCCCCC(C)C. The zero-order chi connectivity index (χ0) is 70.5. The first-order chi connectivity index (χ1) is 46.5. The number of aliphatic hydroxyl groups is 1. The normalized spacial score (nSPS) is 13.9. The Morgan fingerprint density at radius 1 is 0.281 bits per heavy atom. The fraction of sp³-hybridized carbons (Fsp3) is 0.948. The second-order valence-corrected chi connectivity index (χ2v) is 31.1. The first-order valence-corrected chi connectivity index (χ1v) is 43.1. The zero-order valence-corrected chi connectivity index (χ0v) is 64.3. The summed E-state index contributed by atoms with van der Waals surface area (Å²) in [6.07, 6.45) is 59.8. The van der Waals surface area contributed by atoms with Crippen LogP contribution in [0.3, 0.4) is 0 Å². The third kappa shape index (κ3) is 70.5. The molecule has 0 bridgehead atoms. The van der Waals surface area contributed by atoms with E-state index < -0.39 is 97.5 Å². The van der Waals surface area contributed by atoms with E-state index in [2.05, 4.69) is 34.6 Å². The molecule has 3 N–H and O–H groups in total. The van der Waals surface area contributed by atoms with Gasteiger partial charge < -0.3 is 33.8 Å². The molecule has 0 aliphatic rings.